The summed E-state index contributed by atoms with van der Waals surface area (Å²) in [6.07, 6.45) is -0.508. The third-order valence-corrected chi connectivity index (χ3v) is 1.85. The Morgan fingerprint density at radius 3 is 2.15 bits per heavy atom. The van der Waals surface area contributed by atoms with Crippen LogP contribution in [0.4, 0.5) is 0 Å². The highest BCUT2D eigenvalue weighted by molar-refractivity contribution is 5.26. The normalized spacial score (nSPS) is 15.3. The zero-order chi connectivity index (χ0) is 9.84. The van der Waals surface area contributed by atoms with E-state index in [2.05, 4.69) is 0 Å². The van der Waals surface area contributed by atoms with Crippen LogP contribution < -0.4 is 11.5 Å². The van der Waals surface area contributed by atoms with Crippen molar-refractivity contribution in [1.82, 2.24) is 0 Å². The Labute approximate surface area is 76.8 Å². The van der Waals surface area contributed by atoms with Crippen LogP contribution in [0.2, 0.25) is 0 Å². The molecular formula is C9H14N2O2. The fraction of sp³-hybridized carbons (Fsp3) is 0.333. The van der Waals surface area contributed by atoms with E-state index < -0.39 is 12.3 Å². The van der Waals surface area contributed by atoms with Crippen molar-refractivity contribution in [2.24, 2.45) is 11.5 Å². The highest BCUT2D eigenvalue weighted by Gasteiger charge is 2.09. The van der Waals surface area contributed by atoms with Gasteiger partial charge in [-0.15, -0.1) is 0 Å². The van der Waals surface area contributed by atoms with E-state index in [1.165, 1.54) is 0 Å². The van der Waals surface area contributed by atoms with Crippen molar-refractivity contribution < 1.29 is 10.2 Å². The molecule has 13 heavy (non-hydrogen) atoms. The van der Waals surface area contributed by atoms with Gasteiger partial charge < -0.3 is 21.7 Å². The van der Waals surface area contributed by atoms with Crippen LogP contribution >= 0.6 is 0 Å². The summed E-state index contributed by atoms with van der Waals surface area (Å²) < 4.78 is 0. The topological polar surface area (TPSA) is 92.5 Å². The number of aliphatic hydroxyl groups is 1. The van der Waals surface area contributed by atoms with Gasteiger partial charge in [0.25, 0.3) is 0 Å². The number of phenols is 1. The van der Waals surface area contributed by atoms with Gasteiger partial charge in [-0.25, -0.2) is 0 Å². The molecule has 0 aliphatic heterocycles. The van der Waals surface area contributed by atoms with Crippen LogP contribution in [0.3, 0.4) is 0 Å². The molecule has 4 heteroatoms. The highest BCUT2D eigenvalue weighted by Crippen LogP contribution is 2.10. The first-order valence-electron chi connectivity index (χ1n) is 4.06. The summed E-state index contributed by atoms with van der Waals surface area (Å²) >= 11 is 0. The molecular weight excluding hydrogens is 168 g/mol. The van der Waals surface area contributed by atoms with Gasteiger partial charge in [-0.3, -0.25) is 0 Å². The SMILES string of the molecule is NC(O)[C@@H](N)Cc1ccc(O)cc1. The van der Waals surface area contributed by atoms with Crippen molar-refractivity contribution in [1.29, 1.82) is 0 Å². The second-order valence-corrected chi connectivity index (χ2v) is 3.03. The van der Waals surface area contributed by atoms with Gasteiger partial charge in [0.05, 0.1) is 0 Å². The van der Waals surface area contributed by atoms with Crippen LogP contribution in [0.25, 0.3) is 0 Å². The number of hydrogen-bond acceptors (Lipinski definition) is 4. The number of benzene rings is 1. The predicted octanol–water partition coefficient (Wildman–Crippen LogP) is -0.461. The molecule has 0 radical (unpaired) electrons. The lowest BCUT2D eigenvalue weighted by Gasteiger charge is -2.14. The molecule has 0 saturated heterocycles. The minimum Gasteiger partial charge on any atom is -0.508 e. The summed E-state index contributed by atoms with van der Waals surface area (Å²) in [5, 5.41) is 17.9. The summed E-state index contributed by atoms with van der Waals surface area (Å²) in [5.41, 5.74) is 11.7. The molecule has 0 aromatic heterocycles. The zero-order valence-electron chi connectivity index (χ0n) is 7.22. The number of aromatic hydroxyl groups is 1. The summed E-state index contributed by atoms with van der Waals surface area (Å²) in [5.74, 6) is 0.214. The van der Waals surface area contributed by atoms with E-state index in [-0.39, 0.29) is 5.75 Å². The number of rotatable bonds is 3. The van der Waals surface area contributed by atoms with Gasteiger partial charge in [-0.2, -0.15) is 0 Å². The molecule has 1 aromatic carbocycles. The summed E-state index contributed by atoms with van der Waals surface area (Å²) in [7, 11) is 0. The maximum Gasteiger partial charge on any atom is 0.118 e. The molecule has 0 fully saturated rings. The van der Waals surface area contributed by atoms with Crippen LogP contribution in [-0.4, -0.2) is 22.5 Å². The first-order valence-corrected chi connectivity index (χ1v) is 4.06. The molecule has 4 nitrogen and oxygen atoms in total. The molecule has 0 bridgehead atoms. The monoisotopic (exact) mass is 182 g/mol. The Hall–Kier alpha value is -1.10. The minimum absolute atomic E-state index is 0.214. The number of phenolic OH excluding ortho intramolecular Hbond substituents is 1. The Bertz CT molecular complexity index is 259. The quantitative estimate of drug-likeness (QED) is 0.476. The number of aliphatic hydroxyl groups excluding tert-OH is 1. The first-order chi connectivity index (χ1) is 6.09. The fourth-order valence-corrected chi connectivity index (χ4v) is 1.02. The average Bonchev–Trinajstić information content (AvgIpc) is 2.08. The maximum absolute atomic E-state index is 8.99. The molecule has 1 rings (SSSR count). The van der Waals surface area contributed by atoms with Crippen molar-refractivity contribution >= 4 is 0 Å². The van der Waals surface area contributed by atoms with Gasteiger partial charge in [0, 0.05) is 6.04 Å². The third-order valence-electron chi connectivity index (χ3n) is 1.85. The van der Waals surface area contributed by atoms with Crippen molar-refractivity contribution in [2.45, 2.75) is 18.7 Å². The second kappa shape index (κ2) is 4.23. The number of nitrogens with two attached hydrogens (primary N) is 2. The summed E-state index contributed by atoms with van der Waals surface area (Å²) in [6, 6.07) is 6.18. The van der Waals surface area contributed by atoms with Crippen molar-refractivity contribution in [2.75, 3.05) is 0 Å². The Morgan fingerprint density at radius 2 is 1.69 bits per heavy atom. The molecule has 1 aromatic rings. The molecule has 0 aliphatic carbocycles. The van der Waals surface area contributed by atoms with E-state index in [1.54, 1.807) is 24.3 Å². The smallest absolute Gasteiger partial charge is 0.118 e. The van der Waals surface area contributed by atoms with E-state index in [9.17, 15) is 0 Å². The molecule has 0 saturated carbocycles. The maximum atomic E-state index is 8.99. The van der Waals surface area contributed by atoms with E-state index in [1.807, 2.05) is 0 Å². The van der Waals surface area contributed by atoms with E-state index in [0.717, 1.165) is 5.56 Å². The molecule has 6 N–H and O–H groups in total. The molecule has 2 atom stereocenters. The van der Waals surface area contributed by atoms with Crippen LogP contribution in [0, 0.1) is 0 Å². The lowest BCUT2D eigenvalue weighted by atomic mass is 10.1. The van der Waals surface area contributed by atoms with Crippen molar-refractivity contribution in [3.8, 4) is 5.75 Å². The Balaban J connectivity index is 2.59. The first kappa shape index (κ1) is 9.98. The second-order valence-electron chi connectivity index (χ2n) is 3.03. The van der Waals surface area contributed by atoms with Crippen LogP contribution in [-0.2, 0) is 6.42 Å². The van der Waals surface area contributed by atoms with Gasteiger partial charge in [-0.1, -0.05) is 12.1 Å². The van der Waals surface area contributed by atoms with E-state index in [0.29, 0.717) is 6.42 Å². The van der Waals surface area contributed by atoms with Gasteiger partial charge in [0.2, 0.25) is 0 Å². The lowest BCUT2D eigenvalue weighted by molar-refractivity contribution is 0.151. The third kappa shape index (κ3) is 3.02. The molecule has 0 spiro atoms. The predicted molar refractivity (Wildman–Crippen MR) is 50.0 cm³/mol. The molecule has 1 unspecified atom stereocenters. The standard InChI is InChI=1S/C9H14N2O2/c10-8(9(11)13)5-6-1-3-7(12)4-2-6/h1-4,8-9,12-13H,5,10-11H2/t8-,9?/m0/s1. The Morgan fingerprint density at radius 1 is 1.15 bits per heavy atom. The Kier molecular flexibility index (Phi) is 3.25. The average molecular weight is 182 g/mol. The van der Waals surface area contributed by atoms with Gasteiger partial charge in [-0.05, 0) is 24.1 Å². The summed E-state index contributed by atoms with van der Waals surface area (Å²) in [6.45, 7) is 0. The van der Waals surface area contributed by atoms with Gasteiger partial charge >= 0.3 is 0 Å². The summed E-state index contributed by atoms with van der Waals surface area (Å²) in [4.78, 5) is 0. The largest absolute Gasteiger partial charge is 0.508 e. The van der Waals surface area contributed by atoms with Crippen molar-refractivity contribution in [3.05, 3.63) is 29.8 Å². The number of hydrogen-bond donors (Lipinski definition) is 4. The minimum atomic E-state index is -1.01. The highest BCUT2D eigenvalue weighted by atomic mass is 16.3. The molecule has 72 valence electrons. The molecule has 0 heterocycles. The van der Waals surface area contributed by atoms with Gasteiger partial charge in [0.1, 0.15) is 12.0 Å². The lowest BCUT2D eigenvalue weighted by Crippen LogP contribution is -2.42. The van der Waals surface area contributed by atoms with Crippen LogP contribution in [0.15, 0.2) is 24.3 Å². The molecule has 0 aliphatic rings. The van der Waals surface area contributed by atoms with Crippen molar-refractivity contribution in [3.63, 3.8) is 0 Å². The van der Waals surface area contributed by atoms with Crippen LogP contribution in [0.5, 0.6) is 5.75 Å². The zero-order valence-corrected chi connectivity index (χ0v) is 7.22. The fourth-order valence-electron chi connectivity index (χ4n) is 1.02. The van der Waals surface area contributed by atoms with Crippen LogP contribution in [0.1, 0.15) is 5.56 Å². The van der Waals surface area contributed by atoms with E-state index >= 15 is 0 Å². The molecule has 0 amide bonds. The van der Waals surface area contributed by atoms with Gasteiger partial charge in [0.15, 0.2) is 0 Å². The van der Waals surface area contributed by atoms with E-state index in [4.69, 9.17) is 21.7 Å².